The van der Waals surface area contributed by atoms with Crippen LogP contribution in [0.1, 0.15) is 48.6 Å². The van der Waals surface area contributed by atoms with Gasteiger partial charge in [-0.2, -0.15) is 5.26 Å². The van der Waals surface area contributed by atoms with Crippen molar-refractivity contribution in [1.82, 2.24) is 9.55 Å². The number of rotatable bonds is 8. The van der Waals surface area contributed by atoms with Crippen LogP contribution in [-0.4, -0.2) is 21.2 Å². The largest absolute Gasteiger partial charge is 0.316 e. The van der Waals surface area contributed by atoms with Gasteiger partial charge in [0.1, 0.15) is 15.9 Å². The minimum Gasteiger partial charge on any atom is -0.316 e. The Bertz CT molecular complexity index is 1190. The van der Waals surface area contributed by atoms with Crippen LogP contribution in [-0.2, 0) is 24.2 Å². The average Bonchev–Trinajstić information content (AvgIpc) is 3.44. The van der Waals surface area contributed by atoms with Crippen LogP contribution in [0.3, 0.4) is 0 Å². The molecule has 1 aliphatic rings. The molecule has 1 N–H and O–H groups in total. The maximum Gasteiger partial charge on any atom is 0.263 e. The number of unbranched alkanes of at least 4 members (excludes halogenated alkanes) is 2. The predicted molar refractivity (Wildman–Crippen MR) is 124 cm³/mol. The summed E-state index contributed by atoms with van der Waals surface area (Å²) in [5.41, 5.74) is 1.68. The molecule has 0 saturated heterocycles. The molecule has 0 bridgehead atoms. The summed E-state index contributed by atoms with van der Waals surface area (Å²) in [6, 6.07) is 3.76. The van der Waals surface area contributed by atoms with Crippen molar-refractivity contribution in [3.63, 3.8) is 0 Å². The number of nitrogens with one attached hydrogen (secondary N) is 1. The molecule has 4 rings (SSSR count). The van der Waals surface area contributed by atoms with E-state index in [1.54, 1.807) is 27.4 Å². The van der Waals surface area contributed by atoms with Crippen LogP contribution in [0.5, 0.6) is 0 Å². The van der Waals surface area contributed by atoms with Crippen molar-refractivity contribution in [1.29, 1.82) is 5.26 Å². The Kier molecular flexibility index (Phi) is 6.56. The van der Waals surface area contributed by atoms with Gasteiger partial charge in [0.15, 0.2) is 5.16 Å². The van der Waals surface area contributed by atoms with Crippen LogP contribution in [0.15, 0.2) is 21.4 Å². The van der Waals surface area contributed by atoms with Gasteiger partial charge in [-0.1, -0.05) is 31.5 Å². The van der Waals surface area contributed by atoms with E-state index in [9.17, 15) is 9.59 Å². The highest BCUT2D eigenvalue weighted by Crippen LogP contribution is 2.35. The van der Waals surface area contributed by atoms with E-state index >= 15 is 0 Å². The molecule has 30 heavy (non-hydrogen) atoms. The van der Waals surface area contributed by atoms with Gasteiger partial charge in [-0.15, -0.1) is 22.7 Å². The average molecular weight is 459 g/mol. The number of thiophene rings is 2. The lowest BCUT2D eigenvalue weighted by atomic mass is 10.2. The maximum atomic E-state index is 13.3. The predicted octanol–water partition coefficient (Wildman–Crippen LogP) is 4.80. The molecule has 0 fully saturated rings. The number of nitriles is 1. The van der Waals surface area contributed by atoms with Crippen molar-refractivity contribution in [2.24, 2.45) is 0 Å². The van der Waals surface area contributed by atoms with Crippen LogP contribution in [0.25, 0.3) is 10.2 Å². The van der Waals surface area contributed by atoms with Crippen LogP contribution < -0.4 is 10.9 Å². The fourth-order valence-electron chi connectivity index (χ4n) is 3.67. The van der Waals surface area contributed by atoms with Crippen LogP contribution in [0.2, 0.25) is 0 Å². The second kappa shape index (κ2) is 9.33. The van der Waals surface area contributed by atoms with Gasteiger partial charge >= 0.3 is 0 Å². The van der Waals surface area contributed by atoms with Crippen LogP contribution in [0, 0.1) is 11.3 Å². The Balaban J connectivity index is 1.59. The molecule has 1 amide bonds. The molecule has 9 heteroatoms. The Morgan fingerprint density at radius 1 is 1.40 bits per heavy atom. The molecule has 0 aliphatic heterocycles. The second-order valence-electron chi connectivity index (χ2n) is 7.21. The summed E-state index contributed by atoms with van der Waals surface area (Å²) >= 11 is 4.23. The highest BCUT2D eigenvalue weighted by atomic mass is 32.2. The molecule has 0 saturated carbocycles. The van der Waals surface area contributed by atoms with E-state index in [2.05, 4.69) is 18.3 Å². The minimum absolute atomic E-state index is 0.0310. The molecular formula is C21H22N4O2S3. The molecular weight excluding hydrogens is 436 g/mol. The molecule has 3 aromatic heterocycles. The smallest absolute Gasteiger partial charge is 0.263 e. The number of aryl methyl sites for hydroxylation is 2. The van der Waals surface area contributed by atoms with Crippen molar-refractivity contribution in [2.45, 2.75) is 57.1 Å². The number of amides is 1. The molecule has 0 spiro atoms. The Hall–Kier alpha value is -2.15. The standard InChI is InChI=1S/C21H22N4O2S3/c1-2-3-4-9-25-20(27)17-14-6-5-7-15(14)30-19(17)24-21(25)29-12-16(26)23-18-13(11-22)8-10-28-18/h8,10H,2-7,9,12H2,1H3,(H,23,26). The third-order valence-corrected chi connectivity index (χ3v) is 8.14. The van der Waals surface area contributed by atoms with Gasteiger partial charge in [-0.25, -0.2) is 4.98 Å². The highest BCUT2D eigenvalue weighted by molar-refractivity contribution is 7.99. The number of anilines is 1. The van der Waals surface area contributed by atoms with Gasteiger partial charge in [-0.3, -0.25) is 14.2 Å². The van der Waals surface area contributed by atoms with E-state index in [1.165, 1.54) is 33.5 Å². The number of thioether (sulfide) groups is 1. The Morgan fingerprint density at radius 3 is 3.07 bits per heavy atom. The minimum atomic E-state index is -0.206. The van der Waals surface area contributed by atoms with Gasteiger partial charge in [0.05, 0.1) is 16.7 Å². The van der Waals surface area contributed by atoms with Crippen molar-refractivity contribution in [3.8, 4) is 6.07 Å². The van der Waals surface area contributed by atoms with E-state index in [4.69, 9.17) is 10.2 Å². The number of carbonyl (C=O) groups is 1. The summed E-state index contributed by atoms with van der Waals surface area (Å²) in [5.74, 6) is -0.0679. The summed E-state index contributed by atoms with van der Waals surface area (Å²) < 4.78 is 1.76. The zero-order valence-corrected chi connectivity index (χ0v) is 19.1. The maximum absolute atomic E-state index is 13.3. The topological polar surface area (TPSA) is 87.8 Å². The second-order valence-corrected chi connectivity index (χ2v) is 10.2. The molecule has 6 nitrogen and oxygen atoms in total. The third kappa shape index (κ3) is 4.17. The summed E-state index contributed by atoms with van der Waals surface area (Å²) in [4.78, 5) is 32.6. The SMILES string of the molecule is CCCCCn1c(SCC(=O)Nc2sccc2C#N)nc2sc3c(c2c1=O)CCC3. The van der Waals surface area contributed by atoms with Crippen LogP contribution >= 0.6 is 34.4 Å². The lowest BCUT2D eigenvalue weighted by Crippen LogP contribution is -2.24. The summed E-state index contributed by atoms with van der Waals surface area (Å²) in [5, 5.41) is 15.6. The van der Waals surface area contributed by atoms with Gasteiger partial charge < -0.3 is 5.32 Å². The number of hydrogen-bond donors (Lipinski definition) is 1. The Labute approximate surface area is 186 Å². The van der Waals surface area contributed by atoms with Gasteiger partial charge in [0.2, 0.25) is 5.91 Å². The number of carbonyl (C=O) groups excluding carboxylic acids is 1. The van der Waals surface area contributed by atoms with Crippen molar-refractivity contribution >= 4 is 55.6 Å². The highest BCUT2D eigenvalue weighted by Gasteiger charge is 2.23. The Morgan fingerprint density at radius 2 is 2.27 bits per heavy atom. The number of fused-ring (bicyclic) bond motifs is 3. The molecule has 156 valence electrons. The molecule has 1 aliphatic carbocycles. The lowest BCUT2D eigenvalue weighted by Gasteiger charge is -2.12. The first-order chi connectivity index (χ1) is 14.6. The third-order valence-electron chi connectivity index (χ3n) is 5.15. The van der Waals surface area contributed by atoms with Crippen molar-refractivity contribution in [3.05, 3.63) is 37.8 Å². The van der Waals surface area contributed by atoms with Gasteiger partial charge in [0, 0.05) is 11.4 Å². The van der Waals surface area contributed by atoms with Gasteiger partial charge in [-0.05, 0) is 42.7 Å². The van der Waals surface area contributed by atoms with E-state index < -0.39 is 0 Å². The fraction of sp³-hybridized carbons (Fsp3) is 0.429. The molecule has 0 atom stereocenters. The molecule has 0 radical (unpaired) electrons. The van der Waals surface area contributed by atoms with Crippen LogP contribution in [0.4, 0.5) is 5.00 Å². The first kappa shape index (κ1) is 21.1. The summed E-state index contributed by atoms with van der Waals surface area (Å²) in [6.45, 7) is 2.75. The zero-order valence-electron chi connectivity index (χ0n) is 16.7. The summed E-state index contributed by atoms with van der Waals surface area (Å²) in [6.07, 6.45) is 6.13. The summed E-state index contributed by atoms with van der Waals surface area (Å²) in [7, 11) is 0. The number of nitrogens with zero attached hydrogens (tertiary/aromatic N) is 3. The molecule has 3 heterocycles. The molecule has 3 aromatic rings. The number of aromatic nitrogens is 2. The first-order valence-corrected chi connectivity index (χ1v) is 12.8. The molecule has 0 unspecified atom stereocenters. The van der Waals surface area contributed by atoms with E-state index in [-0.39, 0.29) is 17.2 Å². The monoisotopic (exact) mass is 458 g/mol. The van der Waals surface area contributed by atoms with E-state index in [1.807, 2.05) is 0 Å². The normalized spacial score (nSPS) is 12.8. The fourth-order valence-corrected chi connectivity index (χ4v) is 6.55. The molecule has 0 aromatic carbocycles. The van der Waals surface area contributed by atoms with E-state index in [0.29, 0.717) is 22.3 Å². The van der Waals surface area contributed by atoms with Crippen molar-refractivity contribution < 1.29 is 4.79 Å². The van der Waals surface area contributed by atoms with Crippen molar-refractivity contribution in [2.75, 3.05) is 11.1 Å². The van der Waals surface area contributed by atoms with E-state index in [0.717, 1.165) is 48.7 Å². The quantitative estimate of drug-likeness (QED) is 0.298. The zero-order chi connectivity index (χ0) is 21.1. The first-order valence-electron chi connectivity index (χ1n) is 10.1. The lowest BCUT2D eigenvalue weighted by molar-refractivity contribution is -0.113. The number of hydrogen-bond acceptors (Lipinski definition) is 7. The van der Waals surface area contributed by atoms with Gasteiger partial charge in [0.25, 0.3) is 5.56 Å².